The molecule has 2 bridgehead atoms. The fourth-order valence-electron chi connectivity index (χ4n) is 3.63. The van der Waals surface area contributed by atoms with Gasteiger partial charge >= 0.3 is 6.09 Å². The van der Waals surface area contributed by atoms with Crippen LogP contribution in [0, 0.1) is 11.3 Å². The van der Waals surface area contributed by atoms with E-state index < -0.39 is 5.60 Å². The Labute approximate surface area is 148 Å². The monoisotopic (exact) mass is 340 g/mol. The van der Waals surface area contributed by atoms with Crippen molar-refractivity contribution in [3.8, 4) is 11.8 Å². The van der Waals surface area contributed by atoms with Crippen LogP contribution in [0.1, 0.15) is 51.2 Å². The van der Waals surface area contributed by atoms with Gasteiger partial charge in [0, 0.05) is 6.04 Å². The first kappa shape index (κ1) is 17.3. The van der Waals surface area contributed by atoms with Crippen molar-refractivity contribution in [2.24, 2.45) is 0 Å². The van der Waals surface area contributed by atoms with Crippen LogP contribution >= 0.6 is 0 Å². The maximum absolute atomic E-state index is 12.5. The molecule has 2 heterocycles. The van der Waals surface area contributed by atoms with Crippen LogP contribution in [0.3, 0.4) is 0 Å². The number of carbonyl (C=O) groups excluding carboxylic acids is 1. The van der Waals surface area contributed by atoms with E-state index >= 15 is 0 Å². The maximum atomic E-state index is 12.5. The molecule has 0 radical (unpaired) electrons. The van der Waals surface area contributed by atoms with Crippen LogP contribution in [0.25, 0.3) is 5.57 Å². The van der Waals surface area contributed by atoms with E-state index in [1.54, 1.807) is 13.2 Å². The predicted molar refractivity (Wildman–Crippen MR) is 95.2 cm³/mol. The van der Waals surface area contributed by atoms with Crippen LogP contribution in [0.5, 0.6) is 5.75 Å². The van der Waals surface area contributed by atoms with Crippen LogP contribution in [0.2, 0.25) is 0 Å². The Morgan fingerprint density at radius 2 is 2.08 bits per heavy atom. The molecule has 0 aliphatic carbocycles. The average Bonchev–Trinajstić information content (AvgIpc) is 2.83. The number of hydrogen-bond donors (Lipinski definition) is 0. The second kappa shape index (κ2) is 6.44. The standard InChI is InChI=1S/C20H24N2O3/c1-20(2,3)25-19(23)22-16-7-8-17(22)10-15(9-16)13-5-6-14(12-21)18(11-13)24-4/h5-6,9,11,16-17H,7-8,10H2,1-4H3. The molecule has 2 unspecified atom stereocenters. The number of ether oxygens (including phenoxy) is 2. The fraction of sp³-hybridized carbons (Fsp3) is 0.500. The minimum Gasteiger partial charge on any atom is -0.495 e. The number of amides is 1. The normalized spacial score (nSPS) is 22.2. The van der Waals surface area contributed by atoms with Gasteiger partial charge in [0.2, 0.25) is 0 Å². The number of fused-ring (bicyclic) bond motifs is 2. The van der Waals surface area contributed by atoms with Gasteiger partial charge in [-0.25, -0.2) is 4.79 Å². The number of hydrogen-bond acceptors (Lipinski definition) is 4. The first-order valence-corrected chi connectivity index (χ1v) is 8.63. The van der Waals surface area contributed by atoms with Gasteiger partial charge in [-0.2, -0.15) is 5.26 Å². The highest BCUT2D eigenvalue weighted by atomic mass is 16.6. The second-order valence-electron chi connectivity index (χ2n) is 7.61. The minimum absolute atomic E-state index is 0.0743. The predicted octanol–water partition coefficient (Wildman–Crippen LogP) is 4.12. The molecule has 0 N–H and O–H groups in total. The molecule has 1 fully saturated rings. The number of methoxy groups -OCH3 is 1. The first-order valence-electron chi connectivity index (χ1n) is 8.63. The van der Waals surface area contributed by atoms with Gasteiger partial charge in [0.15, 0.2) is 0 Å². The molecule has 5 heteroatoms. The van der Waals surface area contributed by atoms with Gasteiger partial charge < -0.3 is 9.47 Å². The molecule has 2 aliphatic rings. The molecule has 1 aromatic carbocycles. The van der Waals surface area contributed by atoms with E-state index in [0.717, 1.165) is 24.8 Å². The Morgan fingerprint density at radius 3 is 2.68 bits per heavy atom. The topological polar surface area (TPSA) is 62.6 Å². The number of nitriles is 1. The van der Waals surface area contributed by atoms with Gasteiger partial charge in [-0.3, -0.25) is 4.90 Å². The third-order valence-electron chi connectivity index (χ3n) is 4.69. The molecular formula is C20H24N2O3. The quantitative estimate of drug-likeness (QED) is 0.812. The number of rotatable bonds is 2. The highest BCUT2D eigenvalue weighted by molar-refractivity contribution is 5.76. The summed E-state index contributed by atoms with van der Waals surface area (Å²) < 4.78 is 10.9. The van der Waals surface area contributed by atoms with Crippen molar-refractivity contribution in [1.82, 2.24) is 4.90 Å². The molecule has 2 atom stereocenters. The molecule has 132 valence electrons. The van der Waals surface area contributed by atoms with E-state index in [1.165, 1.54) is 5.57 Å². The van der Waals surface area contributed by atoms with Gasteiger partial charge in [0.05, 0.1) is 18.7 Å². The zero-order valence-corrected chi connectivity index (χ0v) is 15.2. The van der Waals surface area contributed by atoms with Crippen molar-refractivity contribution in [2.45, 2.75) is 57.7 Å². The van der Waals surface area contributed by atoms with E-state index in [2.05, 4.69) is 12.1 Å². The van der Waals surface area contributed by atoms with E-state index in [4.69, 9.17) is 14.7 Å². The van der Waals surface area contributed by atoms with Gasteiger partial charge in [-0.1, -0.05) is 12.1 Å². The summed E-state index contributed by atoms with van der Waals surface area (Å²) in [6.45, 7) is 5.67. The van der Waals surface area contributed by atoms with Crippen molar-refractivity contribution < 1.29 is 14.3 Å². The Morgan fingerprint density at radius 1 is 1.32 bits per heavy atom. The minimum atomic E-state index is -0.485. The Bertz CT molecular complexity index is 755. The van der Waals surface area contributed by atoms with Crippen molar-refractivity contribution in [1.29, 1.82) is 5.26 Å². The van der Waals surface area contributed by atoms with Gasteiger partial charge in [-0.15, -0.1) is 0 Å². The zero-order chi connectivity index (χ0) is 18.2. The molecule has 1 saturated heterocycles. The summed E-state index contributed by atoms with van der Waals surface area (Å²) in [5.74, 6) is 0.586. The molecule has 1 aromatic rings. The van der Waals surface area contributed by atoms with Gasteiger partial charge in [0.25, 0.3) is 0 Å². The molecule has 3 rings (SSSR count). The lowest BCUT2D eigenvalue weighted by Gasteiger charge is -2.35. The molecule has 0 saturated carbocycles. The van der Waals surface area contributed by atoms with Crippen LogP contribution < -0.4 is 4.74 Å². The molecule has 0 spiro atoms. The van der Waals surface area contributed by atoms with Crippen LogP contribution in [0.4, 0.5) is 4.79 Å². The molecule has 0 aromatic heterocycles. The third kappa shape index (κ3) is 3.48. The Kier molecular flexibility index (Phi) is 4.47. The summed E-state index contributed by atoms with van der Waals surface area (Å²) in [5.41, 5.74) is 2.30. The third-order valence-corrected chi connectivity index (χ3v) is 4.69. The van der Waals surface area contributed by atoms with Crippen LogP contribution in [-0.2, 0) is 4.74 Å². The molecule has 25 heavy (non-hydrogen) atoms. The summed E-state index contributed by atoms with van der Waals surface area (Å²) >= 11 is 0. The summed E-state index contributed by atoms with van der Waals surface area (Å²) in [7, 11) is 1.57. The molecule has 5 nitrogen and oxygen atoms in total. The SMILES string of the molecule is COc1cc(C2=CC3CCC(C2)N3C(=O)OC(C)(C)C)ccc1C#N. The zero-order valence-electron chi connectivity index (χ0n) is 15.2. The second-order valence-corrected chi connectivity index (χ2v) is 7.61. The maximum Gasteiger partial charge on any atom is 0.411 e. The Balaban J connectivity index is 1.85. The lowest BCUT2D eigenvalue weighted by atomic mass is 9.94. The molecule has 2 aliphatic heterocycles. The van der Waals surface area contributed by atoms with Gasteiger partial charge in [0.1, 0.15) is 17.4 Å². The average molecular weight is 340 g/mol. The molecule has 1 amide bonds. The summed E-state index contributed by atoms with van der Waals surface area (Å²) in [6, 6.07) is 8.03. The van der Waals surface area contributed by atoms with Crippen LogP contribution in [-0.4, -0.2) is 35.8 Å². The Hall–Kier alpha value is -2.48. The number of carbonyl (C=O) groups is 1. The molecular weight excluding hydrogens is 316 g/mol. The summed E-state index contributed by atoms with van der Waals surface area (Å²) in [5, 5.41) is 9.13. The van der Waals surface area contributed by atoms with Crippen molar-refractivity contribution in [2.75, 3.05) is 7.11 Å². The highest BCUT2D eigenvalue weighted by Crippen LogP contribution is 2.40. The van der Waals surface area contributed by atoms with Crippen molar-refractivity contribution >= 4 is 11.7 Å². The van der Waals surface area contributed by atoms with E-state index in [-0.39, 0.29) is 18.2 Å². The lowest BCUT2D eigenvalue weighted by molar-refractivity contribution is 0.0175. The van der Waals surface area contributed by atoms with Gasteiger partial charge in [-0.05, 0) is 63.3 Å². The summed E-state index contributed by atoms with van der Waals surface area (Å²) in [4.78, 5) is 14.4. The first-order chi connectivity index (χ1) is 11.8. The van der Waals surface area contributed by atoms with E-state index in [1.807, 2.05) is 37.8 Å². The number of benzene rings is 1. The smallest absolute Gasteiger partial charge is 0.411 e. The van der Waals surface area contributed by atoms with Crippen LogP contribution in [0.15, 0.2) is 24.3 Å². The lowest BCUT2D eigenvalue weighted by Crippen LogP contribution is -2.45. The largest absolute Gasteiger partial charge is 0.495 e. The van der Waals surface area contributed by atoms with E-state index in [9.17, 15) is 4.79 Å². The summed E-state index contributed by atoms with van der Waals surface area (Å²) in [6.07, 6.45) is 4.67. The van der Waals surface area contributed by atoms with Crippen molar-refractivity contribution in [3.63, 3.8) is 0 Å². The fourth-order valence-corrected chi connectivity index (χ4v) is 3.63. The van der Waals surface area contributed by atoms with Crippen molar-refractivity contribution in [3.05, 3.63) is 35.4 Å². The number of nitrogens with zero attached hydrogens (tertiary/aromatic N) is 2. The van der Waals surface area contributed by atoms with E-state index in [0.29, 0.717) is 11.3 Å². The highest BCUT2D eigenvalue weighted by Gasteiger charge is 2.41.